The van der Waals surface area contributed by atoms with Crippen molar-refractivity contribution in [2.45, 2.75) is 32.0 Å². The van der Waals surface area contributed by atoms with Crippen LogP contribution in [-0.2, 0) is 22.6 Å². The second-order valence-corrected chi connectivity index (χ2v) is 6.76. The van der Waals surface area contributed by atoms with Gasteiger partial charge in [0.1, 0.15) is 11.3 Å². The van der Waals surface area contributed by atoms with E-state index >= 15 is 0 Å². The Bertz CT molecular complexity index is 807. The van der Waals surface area contributed by atoms with Crippen LogP contribution in [-0.4, -0.2) is 57.7 Å². The van der Waals surface area contributed by atoms with E-state index in [-0.39, 0.29) is 16.4 Å². The Morgan fingerprint density at radius 3 is 3.08 bits per heavy atom. The zero-order valence-corrected chi connectivity index (χ0v) is 14.4. The number of hydrogen-bond donors (Lipinski definition) is 1. The Morgan fingerprint density at radius 1 is 1.48 bits per heavy atom. The number of halogens is 2. The van der Waals surface area contributed by atoms with Crippen LogP contribution in [0, 0.1) is 5.82 Å². The van der Waals surface area contributed by atoms with Crippen LogP contribution < -0.4 is 5.32 Å². The maximum Gasteiger partial charge on any atom is 0.225 e. The molecule has 0 spiro atoms. The van der Waals surface area contributed by atoms with Crippen LogP contribution in [0.15, 0.2) is 6.20 Å². The van der Waals surface area contributed by atoms with E-state index in [0.29, 0.717) is 56.8 Å². The average molecular weight is 368 g/mol. The summed E-state index contributed by atoms with van der Waals surface area (Å²) in [5.41, 5.74) is 0.633. The Hall–Kier alpha value is -1.77. The van der Waals surface area contributed by atoms with Crippen LogP contribution in [0.4, 0.5) is 4.39 Å². The minimum absolute atomic E-state index is 0.0198. The van der Waals surface area contributed by atoms with E-state index in [1.807, 2.05) is 4.57 Å². The largest absolute Gasteiger partial charge is 0.379 e. The summed E-state index contributed by atoms with van der Waals surface area (Å²) in [5.74, 6) is 0.0821. The van der Waals surface area contributed by atoms with Gasteiger partial charge in [-0.05, 0) is 13.0 Å². The lowest BCUT2D eigenvalue weighted by Crippen LogP contribution is -2.46. The molecule has 2 aliphatic rings. The molecule has 1 amide bonds. The van der Waals surface area contributed by atoms with E-state index < -0.39 is 5.82 Å². The van der Waals surface area contributed by atoms with Crippen molar-refractivity contribution in [3.8, 4) is 0 Å². The molecule has 0 aliphatic carbocycles. The Labute approximate surface area is 149 Å². The fourth-order valence-electron chi connectivity index (χ4n) is 3.13. The molecule has 7 nitrogen and oxygen atoms in total. The van der Waals surface area contributed by atoms with Crippen molar-refractivity contribution in [3.05, 3.63) is 22.9 Å². The third-order valence-electron chi connectivity index (χ3n) is 4.72. The molecule has 0 bridgehead atoms. The van der Waals surface area contributed by atoms with Crippen LogP contribution in [0.25, 0.3) is 11.2 Å². The molecular formula is C16H19ClFN5O2. The predicted molar refractivity (Wildman–Crippen MR) is 89.8 cm³/mol. The van der Waals surface area contributed by atoms with Crippen LogP contribution in [0.3, 0.4) is 0 Å². The third-order valence-corrected chi connectivity index (χ3v) is 4.98. The number of imidazole rings is 1. The molecule has 4 rings (SSSR count). The molecule has 0 saturated carbocycles. The number of rotatable bonds is 5. The number of carbonyl (C=O) groups excluding carboxylic acids is 1. The number of nitrogens with one attached hydrogen (secondary N) is 1. The smallest absolute Gasteiger partial charge is 0.225 e. The number of amides is 1. The van der Waals surface area contributed by atoms with Gasteiger partial charge in [-0.2, -0.15) is 0 Å². The summed E-state index contributed by atoms with van der Waals surface area (Å²) in [7, 11) is 0. The maximum absolute atomic E-state index is 14.1. The summed E-state index contributed by atoms with van der Waals surface area (Å²) >= 11 is 5.77. The summed E-state index contributed by atoms with van der Waals surface area (Å²) < 4.78 is 21.5. The first-order valence-electron chi connectivity index (χ1n) is 8.41. The van der Waals surface area contributed by atoms with Gasteiger partial charge in [-0.1, -0.05) is 11.6 Å². The molecule has 1 fully saturated rings. The zero-order chi connectivity index (χ0) is 17.4. The first-order chi connectivity index (χ1) is 12.1. The quantitative estimate of drug-likeness (QED) is 0.807. The lowest BCUT2D eigenvalue weighted by Gasteiger charge is -2.29. The van der Waals surface area contributed by atoms with E-state index in [4.69, 9.17) is 16.3 Å². The summed E-state index contributed by atoms with van der Waals surface area (Å²) in [4.78, 5) is 22.5. The summed E-state index contributed by atoms with van der Waals surface area (Å²) in [6.45, 7) is 3.54. The van der Waals surface area contributed by atoms with Crippen molar-refractivity contribution < 1.29 is 13.9 Å². The number of nitrogens with zero attached hydrogens (tertiary/aromatic N) is 4. The Morgan fingerprint density at radius 2 is 2.32 bits per heavy atom. The average Bonchev–Trinajstić information content (AvgIpc) is 2.94. The van der Waals surface area contributed by atoms with E-state index in [9.17, 15) is 9.18 Å². The normalized spacial score (nSPS) is 19.8. The molecule has 1 saturated heterocycles. The SMILES string of the molecule is O=C(CCOCC1CCN1)N1CCn2c(nc3c(F)c(Cl)cnc32)C1. The van der Waals surface area contributed by atoms with Crippen molar-refractivity contribution >= 4 is 28.7 Å². The maximum atomic E-state index is 14.1. The van der Waals surface area contributed by atoms with Gasteiger partial charge in [0.2, 0.25) is 5.91 Å². The molecule has 0 aromatic carbocycles. The van der Waals surface area contributed by atoms with Crippen LogP contribution in [0.1, 0.15) is 18.7 Å². The number of hydrogen-bond acceptors (Lipinski definition) is 5. The molecule has 2 aliphatic heterocycles. The minimum Gasteiger partial charge on any atom is -0.379 e. The van der Waals surface area contributed by atoms with Crippen molar-refractivity contribution in [2.24, 2.45) is 0 Å². The summed E-state index contributed by atoms with van der Waals surface area (Å²) in [6.07, 6.45) is 2.76. The first-order valence-corrected chi connectivity index (χ1v) is 8.79. The second kappa shape index (κ2) is 6.86. The van der Waals surface area contributed by atoms with Gasteiger partial charge in [0.15, 0.2) is 11.5 Å². The van der Waals surface area contributed by atoms with Crippen LogP contribution in [0.2, 0.25) is 5.02 Å². The number of ether oxygens (including phenoxy) is 1. The standard InChI is InChI=1S/C16H19ClFN5O2/c17-11-7-20-16-15(14(11)18)21-12-8-22(4-5-23(12)16)13(24)2-6-25-9-10-1-3-19-10/h7,10,19H,1-6,8-9H2. The molecule has 2 aromatic rings. The molecule has 4 heterocycles. The van der Waals surface area contributed by atoms with Gasteiger partial charge in [0.05, 0.1) is 37.4 Å². The monoisotopic (exact) mass is 367 g/mol. The van der Waals surface area contributed by atoms with Crippen LogP contribution in [0.5, 0.6) is 0 Å². The van der Waals surface area contributed by atoms with Gasteiger partial charge in [0.25, 0.3) is 0 Å². The summed E-state index contributed by atoms with van der Waals surface area (Å²) in [6, 6.07) is 0.430. The Kier molecular flexibility index (Phi) is 4.58. The highest BCUT2D eigenvalue weighted by molar-refractivity contribution is 6.31. The van der Waals surface area contributed by atoms with Crippen molar-refractivity contribution in [1.29, 1.82) is 0 Å². The molecule has 1 atom stereocenters. The van der Waals surface area contributed by atoms with E-state index in [2.05, 4.69) is 15.3 Å². The molecule has 0 radical (unpaired) electrons. The second-order valence-electron chi connectivity index (χ2n) is 6.35. The topological polar surface area (TPSA) is 72.3 Å². The van der Waals surface area contributed by atoms with E-state index in [1.165, 1.54) is 6.20 Å². The van der Waals surface area contributed by atoms with E-state index in [1.54, 1.807) is 4.90 Å². The van der Waals surface area contributed by atoms with Gasteiger partial charge >= 0.3 is 0 Å². The molecule has 1 N–H and O–H groups in total. The number of pyridine rings is 1. The van der Waals surface area contributed by atoms with Crippen molar-refractivity contribution in [2.75, 3.05) is 26.3 Å². The van der Waals surface area contributed by atoms with Crippen molar-refractivity contribution in [3.63, 3.8) is 0 Å². The number of carbonyl (C=O) groups is 1. The zero-order valence-electron chi connectivity index (χ0n) is 13.7. The fraction of sp³-hybridized carbons (Fsp3) is 0.562. The van der Waals surface area contributed by atoms with Gasteiger partial charge in [-0.25, -0.2) is 14.4 Å². The van der Waals surface area contributed by atoms with Crippen molar-refractivity contribution in [1.82, 2.24) is 24.8 Å². The third kappa shape index (κ3) is 3.21. The molecule has 2 aromatic heterocycles. The lowest BCUT2D eigenvalue weighted by molar-refractivity contribution is -0.134. The molecule has 9 heteroatoms. The number of fused-ring (bicyclic) bond motifs is 3. The van der Waals surface area contributed by atoms with Gasteiger partial charge < -0.3 is 19.5 Å². The fourth-order valence-corrected chi connectivity index (χ4v) is 3.27. The lowest BCUT2D eigenvalue weighted by atomic mass is 10.1. The minimum atomic E-state index is -0.565. The Balaban J connectivity index is 1.38. The molecule has 25 heavy (non-hydrogen) atoms. The molecule has 134 valence electrons. The highest BCUT2D eigenvalue weighted by Crippen LogP contribution is 2.25. The van der Waals surface area contributed by atoms with Gasteiger partial charge in [-0.3, -0.25) is 4.79 Å². The van der Waals surface area contributed by atoms with E-state index in [0.717, 1.165) is 13.0 Å². The van der Waals surface area contributed by atoms with Gasteiger partial charge in [0, 0.05) is 19.1 Å². The highest BCUT2D eigenvalue weighted by atomic mass is 35.5. The number of aromatic nitrogens is 3. The van der Waals surface area contributed by atoms with Gasteiger partial charge in [-0.15, -0.1) is 0 Å². The molecule has 1 unspecified atom stereocenters. The van der Waals surface area contributed by atoms with Crippen LogP contribution >= 0.6 is 11.6 Å². The molecular weight excluding hydrogens is 349 g/mol. The predicted octanol–water partition coefficient (Wildman–Crippen LogP) is 1.33. The summed E-state index contributed by atoms with van der Waals surface area (Å²) in [5, 5.41) is 3.20. The first kappa shape index (κ1) is 16.7. The highest BCUT2D eigenvalue weighted by Gasteiger charge is 2.25.